The molecule has 1 atom stereocenters. The van der Waals surface area contributed by atoms with E-state index in [1.54, 1.807) is 11.8 Å². The Bertz CT molecular complexity index is 183. The molecule has 0 aliphatic carbocycles. The molecule has 0 aromatic rings. The Morgan fingerprint density at radius 2 is 2.00 bits per heavy atom. The van der Waals surface area contributed by atoms with E-state index in [2.05, 4.69) is 21.1 Å². The Labute approximate surface area is 102 Å². The summed E-state index contributed by atoms with van der Waals surface area (Å²) in [4.78, 5) is 9.96. The summed E-state index contributed by atoms with van der Waals surface area (Å²) in [6.07, 6.45) is 2.39. The van der Waals surface area contributed by atoms with Crippen molar-refractivity contribution in [3.8, 4) is 0 Å². The van der Waals surface area contributed by atoms with Gasteiger partial charge in [0.2, 0.25) is 0 Å². The van der Waals surface area contributed by atoms with Crippen molar-refractivity contribution in [2.75, 3.05) is 46.3 Å². The number of aliphatic hydroxyl groups excluding tert-OH is 1. The number of aliphatic hydroxyl groups is 1. The van der Waals surface area contributed by atoms with Crippen LogP contribution in [0.3, 0.4) is 0 Å². The quantitative estimate of drug-likeness (QED) is 0.562. The Hall–Kier alpha value is -0.300. The summed E-state index contributed by atoms with van der Waals surface area (Å²) < 4.78 is 0.844. The number of carbonyl (C=O) groups is 1. The molecule has 0 aromatic carbocycles. The number of hydrogen-bond donors (Lipinski definition) is 2. The topological polar surface area (TPSA) is 86.4 Å². The molecule has 5 nitrogen and oxygen atoms in total. The number of carbonyl (C=O) groups excluding carboxylic acids is 1. The van der Waals surface area contributed by atoms with E-state index in [4.69, 9.17) is 10.8 Å². The van der Waals surface area contributed by atoms with E-state index in [9.17, 15) is 9.90 Å². The normalized spacial score (nSPS) is 12.6. The molecule has 0 rings (SSSR count). The maximum atomic E-state index is 9.96. The van der Waals surface area contributed by atoms with Crippen LogP contribution < -0.4 is 10.8 Å². The molecule has 0 saturated carbocycles. The Morgan fingerprint density at radius 3 is 2.19 bits per heavy atom. The minimum atomic E-state index is -1.16. The zero-order valence-electron chi connectivity index (χ0n) is 10.6. The number of rotatable bonds is 6. The van der Waals surface area contributed by atoms with Crippen LogP contribution in [-0.2, 0) is 4.79 Å². The van der Waals surface area contributed by atoms with Crippen LogP contribution in [0.15, 0.2) is 0 Å². The SMILES string of the molecule is CSCCC(N)C(=O)[O-].C[N+](C)(C)CCO. The lowest BCUT2D eigenvalue weighted by atomic mass is 10.2. The van der Waals surface area contributed by atoms with Gasteiger partial charge in [-0.3, -0.25) is 0 Å². The summed E-state index contributed by atoms with van der Waals surface area (Å²) in [7, 11) is 6.16. The third kappa shape index (κ3) is 16.1. The van der Waals surface area contributed by atoms with E-state index in [0.29, 0.717) is 6.42 Å². The van der Waals surface area contributed by atoms with E-state index < -0.39 is 12.0 Å². The number of carboxylic acid groups (broad SMARTS) is 1. The highest BCUT2D eigenvalue weighted by atomic mass is 32.2. The molecule has 0 aromatic heterocycles. The standard InChI is InChI=1S/C5H11NO2S.C5H14NO/c1-9-3-2-4(6)5(7)8;1-6(2,3)4-5-7/h4H,2-3,6H2,1H3,(H,7,8);7H,4-5H2,1-3H3/q;+1/p-1. The van der Waals surface area contributed by atoms with Gasteiger partial charge in [-0.05, 0) is 18.4 Å². The highest BCUT2D eigenvalue weighted by Gasteiger charge is 2.02. The van der Waals surface area contributed by atoms with Crippen LogP contribution in [0.5, 0.6) is 0 Å². The minimum absolute atomic E-state index is 0.281. The van der Waals surface area contributed by atoms with E-state index in [1.165, 1.54) is 0 Å². The average molecular weight is 252 g/mol. The first-order chi connectivity index (χ1) is 7.24. The smallest absolute Gasteiger partial charge is 0.101 e. The van der Waals surface area contributed by atoms with Gasteiger partial charge in [0.25, 0.3) is 0 Å². The molecule has 0 heterocycles. The largest absolute Gasteiger partial charge is 0.548 e. The summed E-state index contributed by atoms with van der Waals surface area (Å²) in [5.74, 6) is -0.390. The van der Waals surface area contributed by atoms with Crippen LogP contribution in [0.2, 0.25) is 0 Å². The summed E-state index contributed by atoms with van der Waals surface area (Å²) in [6.45, 7) is 1.11. The molecule has 0 aliphatic rings. The van der Waals surface area contributed by atoms with Crippen molar-refractivity contribution in [2.45, 2.75) is 12.5 Å². The second-order valence-electron chi connectivity index (χ2n) is 4.44. The van der Waals surface area contributed by atoms with E-state index in [1.807, 2.05) is 6.26 Å². The Kier molecular flexibility index (Phi) is 11.2. The number of nitrogens with two attached hydrogens (primary N) is 1. The number of thioether (sulfide) groups is 1. The van der Waals surface area contributed by atoms with Crippen molar-refractivity contribution < 1.29 is 19.5 Å². The lowest BCUT2D eigenvalue weighted by Gasteiger charge is -2.21. The lowest BCUT2D eigenvalue weighted by molar-refractivity contribution is -0.870. The van der Waals surface area contributed by atoms with Crippen molar-refractivity contribution in [1.29, 1.82) is 0 Å². The van der Waals surface area contributed by atoms with Gasteiger partial charge in [-0.2, -0.15) is 11.8 Å². The van der Waals surface area contributed by atoms with Crippen molar-refractivity contribution in [3.05, 3.63) is 0 Å². The van der Waals surface area contributed by atoms with Gasteiger partial charge in [-0.25, -0.2) is 0 Å². The zero-order chi connectivity index (χ0) is 13.2. The third-order valence-electron chi connectivity index (χ3n) is 1.71. The maximum Gasteiger partial charge on any atom is 0.101 e. The summed E-state index contributed by atoms with van der Waals surface area (Å²) in [5, 5.41) is 18.3. The highest BCUT2D eigenvalue weighted by molar-refractivity contribution is 7.98. The van der Waals surface area contributed by atoms with Gasteiger partial charge in [-0.15, -0.1) is 0 Å². The number of hydrogen-bond acceptors (Lipinski definition) is 5. The fourth-order valence-electron chi connectivity index (χ4n) is 0.663. The van der Waals surface area contributed by atoms with Crippen LogP contribution in [0.4, 0.5) is 0 Å². The predicted molar refractivity (Wildman–Crippen MR) is 66.0 cm³/mol. The number of nitrogens with zero attached hydrogens (tertiary/aromatic N) is 1. The van der Waals surface area contributed by atoms with Gasteiger partial charge < -0.3 is 25.2 Å². The molecule has 0 radical (unpaired) electrons. The second kappa shape index (κ2) is 9.89. The molecule has 6 heteroatoms. The molecular formula is C10H24N2O3S. The predicted octanol–water partition coefficient (Wildman–Crippen LogP) is -1.50. The van der Waals surface area contributed by atoms with Crippen LogP contribution in [0.1, 0.15) is 6.42 Å². The Balaban J connectivity index is 0. The van der Waals surface area contributed by atoms with Crippen LogP contribution in [-0.4, -0.2) is 67.9 Å². The van der Waals surface area contributed by atoms with Crippen molar-refractivity contribution in [1.82, 2.24) is 0 Å². The first kappa shape index (κ1) is 18.1. The van der Waals surface area contributed by atoms with E-state index in [-0.39, 0.29) is 6.61 Å². The molecule has 1 unspecified atom stereocenters. The molecule has 98 valence electrons. The maximum absolute atomic E-state index is 9.96. The van der Waals surface area contributed by atoms with Crippen molar-refractivity contribution in [3.63, 3.8) is 0 Å². The fourth-order valence-corrected chi connectivity index (χ4v) is 1.15. The fraction of sp³-hybridized carbons (Fsp3) is 0.900. The number of quaternary nitrogens is 1. The first-order valence-corrected chi connectivity index (χ1v) is 6.50. The summed E-state index contributed by atoms with van der Waals surface area (Å²) in [6, 6.07) is -0.794. The molecule has 0 saturated heterocycles. The van der Waals surface area contributed by atoms with E-state index >= 15 is 0 Å². The summed E-state index contributed by atoms with van der Waals surface area (Å²) in [5.41, 5.74) is 5.13. The third-order valence-corrected chi connectivity index (χ3v) is 2.35. The molecule has 0 fully saturated rings. The molecule has 0 bridgehead atoms. The zero-order valence-corrected chi connectivity index (χ0v) is 11.4. The monoisotopic (exact) mass is 252 g/mol. The van der Waals surface area contributed by atoms with Crippen LogP contribution >= 0.6 is 11.8 Å². The second-order valence-corrected chi connectivity index (χ2v) is 5.43. The number of carboxylic acids is 1. The van der Waals surface area contributed by atoms with Crippen molar-refractivity contribution >= 4 is 17.7 Å². The molecular weight excluding hydrogens is 228 g/mol. The van der Waals surface area contributed by atoms with Crippen LogP contribution in [0, 0.1) is 0 Å². The van der Waals surface area contributed by atoms with Gasteiger partial charge in [0.05, 0.1) is 33.7 Å². The number of aliphatic carboxylic acids is 1. The first-order valence-electron chi connectivity index (χ1n) is 5.11. The Morgan fingerprint density at radius 1 is 1.50 bits per heavy atom. The molecule has 0 aliphatic heterocycles. The average Bonchev–Trinajstić information content (AvgIpc) is 2.13. The van der Waals surface area contributed by atoms with Crippen LogP contribution in [0.25, 0.3) is 0 Å². The minimum Gasteiger partial charge on any atom is -0.548 e. The summed E-state index contributed by atoms with van der Waals surface area (Å²) >= 11 is 1.58. The van der Waals surface area contributed by atoms with Gasteiger partial charge in [0.1, 0.15) is 6.54 Å². The molecule has 16 heavy (non-hydrogen) atoms. The van der Waals surface area contributed by atoms with Crippen molar-refractivity contribution in [2.24, 2.45) is 5.73 Å². The van der Waals surface area contributed by atoms with Gasteiger partial charge in [-0.1, -0.05) is 0 Å². The lowest BCUT2D eigenvalue weighted by Crippen LogP contribution is -2.42. The molecule has 3 N–H and O–H groups in total. The molecule has 0 amide bonds. The number of likely N-dealkylation sites (N-methyl/N-ethyl adjacent to an activating group) is 1. The van der Waals surface area contributed by atoms with Gasteiger partial charge in [0.15, 0.2) is 0 Å². The molecule has 0 spiro atoms. The van der Waals surface area contributed by atoms with E-state index in [0.717, 1.165) is 16.8 Å². The van der Waals surface area contributed by atoms with Gasteiger partial charge >= 0.3 is 0 Å². The highest BCUT2D eigenvalue weighted by Crippen LogP contribution is 1.96. The van der Waals surface area contributed by atoms with Gasteiger partial charge in [0, 0.05) is 6.04 Å².